The average Bonchev–Trinajstić information content (AvgIpc) is 2.39. The SMILES string of the molecule is CC(NP(O)NC(C)C(=O)OCC(C)(C)C)C(=O)OCC(C)(C)C. The van der Waals surface area contributed by atoms with Crippen molar-refractivity contribution in [1.82, 2.24) is 10.2 Å². The number of carbonyl (C=O) groups excluding carboxylic acids is 2. The summed E-state index contributed by atoms with van der Waals surface area (Å²) in [6.07, 6.45) is 0. The van der Waals surface area contributed by atoms with Gasteiger partial charge in [0.1, 0.15) is 12.1 Å². The van der Waals surface area contributed by atoms with Gasteiger partial charge in [0, 0.05) is 0 Å². The van der Waals surface area contributed by atoms with Crippen LogP contribution in [0.2, 0.25) is 0 Å². The molecule has 0 aliphatic heterocycles. The smallest absolute Gasteiger partial charge is 0.323 e. The lowest BCUT2D eigenvalue weighted by Crippen LogP contribution is -2.40. The van der Waals surface area contributed by atoms with Crippen LogP contribution in [0.1, 0.15) is 55.4 Å². The zero-order chi connectivity index (χ0) is 19.1. The molecule has 142 valence electrons. The van der Waals surface area contributed by atoms with Gasteiger partial charge in [-0.2, -0.15) is 0 Å². The van der Waals surface area contributed by atoms with E-state index in [0.717, 1.165) is 0 Å². The summed E-state index contributed by atoms with van der Waals surface area (Å²) in [5.74, 6) is -0.896. The maximum Gasteiger partial charge on any atom is 0.323 e. The number of ether oxygens (including phenoxy) is 2. The van der Waals surface area contributed by atoms with Crippen molar-refractivity contribution < 1.29 is 24.0 Å². The van der Waals surface area contributed by atoms with Gasteiger partial charge in [-0.1, -0.05) is 41.5 Å². The van der Waals surface area contributed by atoms with Crippen LogP contribution in [0.25, 0.3) is 0 Å². The number of hydrogen-bond donors (Lipinski definition) is 3. The van der Waals surface area contributed by atoms with Gasteiger partial charge >= 0.3 is 11.9 Å². The topological polar surface area (TPSA) is 96.9 Å². The van der Waals surface area contributed by atoms with Crippen LogP contribution < -0.4 is 10.2 Å². The second-order valence-corrected chi connectivity index (χ2v) is 9.49. The Labute approximate surface area is 146 Å². The Morgan fingerprint density at radius 1 is 0.875 bits per heavy atom. The molecular formula is C16H33N2O5P. The van der Waals surface area contributed by atoms with Crippen molar-refractivity contribution in [3.8, 4) is 0 Å². The molecular weight excluding hydrogens is 331 g/mol. The molecule has 2 atom stereocenters. The molecule has 0 fully saturated rings. The summed E-state index contributed by atoms with van der Waals surface area (Å²) in [4.78, 5) is 33.7. The Bertz CT molecular complexity index is 380. The van der Waals surface area contributed by atoms with E-state index in [2.05, 4.69) is 10.2 Å². The molecule has 0 saturated carbocycles. The molecule has 3 N–H and O–H groups in total. The van der Waals surface area contributed by atoms with E-state index in [1.54, 1.807) is 13.8 Å². The maximum atomic E-state index is 11.9. The molecule has 0 aliphatic carbocycles. The molecule has 0 saturated heterocycles. The Balaban J connectivity index is 4.24. The van der Waals surface area contributed by atoms with E-state index in [1.807, 2.05) is 41.5 Å². The van der Waals surface area contributed by atoms with E-state index in [9.17, 15) is 14.5 Å². The third-order valence-corrected chi connectivity index (χ3v) is 3.90. The zero-order valence-electron chi connectivity index (χ0n) is 16.1. The third-order valence-electron chi connectivity index (χ3n) is 2.63. The zero-order valence-corrected chi connectivity index (χ0v) is 17.0. The Morgan fingerprint density at radius 2 is 1.17 bits per heavy atom. The molecule has 0 amide bonds. The second kappa shape index (κ2) is 9.66. The lowest BCUT2D eigenvalue weighted by molar-refractivity contribution is -0.148. The molecule has 0 aromatic carbocycles. The van der Waals surface area contributed by atoms with Crippen molar-refractivity contribution in [2.75, 3.05) is 13.2 Å². The van der Waals surface area contributed by atoms with Crippen molar-refractivity contribution >= 4 is 20.4 Å². The van der Waals surface area contributed by atoms with Crippen LogP contribution in [0.15, 0.2) is 0 Å². The molecule has 0 aliphatic rings. The summed E-state index contributed by atoms with van der Waals surface area (Å²) < 4.78 is 10.4. The molecule has 0 rings (SSSR count). The fourth-order valence-electron chi connectivity index (χ4n) is 1.33. The first kappa shape index (κ1) is 23.2. The van der Waals surface area contributed by atoms with Gasteiger partial charge in [-0.25, -0.2) is 10.2 Å². The van der Waals surface area contributed by atoms with E-state index in [-0.39, 0.29) is 10.8 Å². The van der Waals surface area contributed by atoms with E-state index < -0.39 is 32.5 Å². The summed E-state index contributed by atoms with van der Waals surface area (Å²) in [5, 5.41) is 5.40. The summed E-state index contributed by atoms with van der Waals surface area (Å²) in [6, 6.07) is -1.37. The number of rotatable bonds is 8. The molecule has 7 nitrogen and oxygen atoms in total. The number of carbonyl (C=O) groups is 2. The van der Waals surface area contributed by atoms with Crippen LogP contribution in [0.5, 0.6) is 0 Å². The first-order chi connectivity index (χ1) is 10.7. The molecule has 8 heteroatoms. The highest BCUT2D eigenvalue weighted by Crippen LogP contribution is 2.22. The van der Waals surface area contributed by atoms with E-state index >= 15 is 0 Å². The minimum Gasteiger partial charge on any atom is -0.464 e. The van der Waals surface area contributed by atoms with Crippen LogP contribution in [-0.4, -0.2) is 42.1 Å². The van der Waals surface area contributed by atoms with Crippen LogP contribution in [0.3, 0.4) is 0 Å². The first-order valence-electron chi connectivity index (χ1n) is 8.06. The third kappa shape index (κ3) is 11.7. The first-order valence-corrected chi connectivity index (χ1v) is 9.35. The van der Waals surface area contributed by atoms with Crippen molar-refractivity contribution in [2.45, 2.75) is 67.5 Å². The number of esters is 2. The van der Waals surface area contributed by atoms with E-state index in [4.69, 9.17) is 9.47 Å². The van der Waals surface area contributed by atoms with Crippen molar-refractivity contribution in [3.05, 3.63) is 0 Å². The molecule has 0 aromatic heterocycles. The number of nitrogens with one attached hydrogen (secondary N) is 2. The van der Waals surface area contributed by atoms with Crippen LogP contribution in [-0.2, 0) is 19.1 Å². The fourth-order valence-corrected chi connectivity index (χ4v) is 2.35. The van der Waals surface area contributed by atoms with Crippen LogP contribution in [0.4, 0.5) is 0 Å². The Hall–Kier alpha value is -0.750. The Kier molecular flexibility index (Phi) is 9.36. The summed E-state index contributed by atoms with van der Waals surface area (Å²) in [5.41, 5.74) is -0.244. The van der Waals surface area contributed by atoms with Gasteiger partial charge in [-0.3, -0.25) is 9.59 Å². The van der Waals surface area contributed by atoms with Crippen LogP contribution in [0, 0.1) is 10.8 Å². The largest absolute Gasteiger partial charge is 0.464 e. The van der Waals surface area contributed by atoms with Gasteiger partial charge in [0.15, 0.2) is 8.45 Å². The molecule has 0 aromatic rings. The summed E-state index contributed by atoms with van der Waals surface area (Å²) >= 11 is 0. The fraction of sp³-hybridized carbons (Fsp3) is 0.875. The van der Waals surface area contributed by atoms with E-state index in [1.165, 1.54) is 0 Å². The second-order valence-electron chi connectivity index (χ2n) is 8.35. The van der Waals surface area contributed by atoms with E-state index in [0.29, 0.717) is 13.2 Å². The average molecular weight is 364 g/mol. The minimum atomic E-state index is -1.90. The van der Waals surface area contributed by atoms with Gasteiger partial charge in [0.25, 0.3) is 0 Å². The van der Waals surface area contributed by atoms with Gasteiger partial charge in [-0.05, 0) is 24.7 Å². The van der Waals surface area contributed by atoms with Crippen LogP contribution >= 0.6 is 8.45 Å². The van der Waals surface area contributed by atoms with Crippen molar-refractivity contribution in [2.24, 2.45) is 10.8 Å². The molecule has 24 heavy (non-hydrogen) atoms. The Morgan fingerprint density at radius 3 is 1.42 bits per heavy atom. The van der Waals surface area contributed by atoms with Gasteiger partial charge in [0.05, 0.1) is 13.2 Å². The quantitative estimate of drug-likeness (QED) is 0.449. The highest BCUT2D eigenvalue weighted by molar-refractivity contribution is 7.47. The standard InChI is InChI=1S/C16H33N2O5P/c1-11(13(19)22-9-15(3,4)5)17-24(21)18-12(2)14(20)23-10-16(6,7)8/h11-12,17-18,21H,9-10H2,1-8H3. The lowest BCUT2D eigenvalue weighted by atomic mass is 9.99. The minimum absolute atomic E-state index is 0.122. The lowest BCUT2D eigenvalue weighted by Gasteiger charge is -2.24. The highest BCUT2D eigenvalue weighted by Gasteiger charge is 2.24. The van der Waals surface area contributed by atoms with Gasteiger partial charge < -0.3 is 14.4 Å². The normalized spacial score (nSPS) is 16.2. The van der Waals surface area contributed by atoms with Crippen molar-refractivity contribution in [1.29, 1.82) is 0 Å². The molecule has 0 spiro atoms. The monoisotopic (exact) mass is 364 g/mol. The van der Waals surface area contributed by atoms with Crippen molar-refractivity contribution in [3.63, 3.8) is 0 Å². The van der Waals surface area contributed by atoms with Gasteiger partial charge in [0.2, 0.25) is 0 Å². The highest BCUT2D eigenvalue weighted by atomic mass is 31.2. The molecule has 0 radical (unpaired) electrons. The predicted molar refractivity (Wildman–Crippen MR) is 95.2 cm³/mol. The molecule has 0 heterocycles. The summed E-state index contributed by atoms with van der Waals surface area (Å²) in [6.45, 7) is 15.6. The molecule has 0 bridgehead atoms. The summed E-state index contributed by atoms with van der Waals surface area (Å²) in [7, 11) is -1.90. The number of hydrogen-bond acceptors (Lipinski definition) is 7. The van der Waals surface area contributed by atoms with Gasteiger partial charge in [-0.15, -0.1) is 0 Å². The maximum absolute atomic E-state index is 11.9. The predicted octanol–water partition coefficient (Wildman–Crippen LogP) is 2.34. The molecule has 2 unspecified atom stereocenters.